The Morgan fingerprint density at radius 1 is 1.20 bits per heavy atom. The van der Waals surface area contributed by atoms with Crippen LogP contribution in [0.3, 0.4) is 0 Å². The molecule has 0 aromatic carbocycles. The van der Waals surface area contributed by atoms with Gasteiger partial charge in [-0.1, -0.05) is 19.3 Å². The molecule has 1 N–H and O–H groups in total. The van der Waals surface area contributed by atoms with Crippen molar-refractivity contribution in [1.82, 2.24) is 4.90 Å². The Bertz CT molecular complexity index is 406. The van der Waals surface area contributed by atoms with Crippen molar-refractivity contribution in [3.05, 3.63) is 0 Å². The minimum absolute atomic E-state index is 0.0873. The SMILES string of the molecule is O=C(CC1(C(=O)O)CCC1)N1CCSC2CCCCC21. The highest BCUT2D eigenvalue weighted by molar-refractivity contribution is 8.00. The third-order valence-corrected chi connectivity index (χ3v) is 6.70. The van der Waals surface area contributed by atoms with Gasteiger partial charge in [0.2, 0.25) is 5.91 Å². The molecule has 20 heavy (non-hydrogen) atoms. The van der Waals surface area contributed by atoms with Crippen LogP contribution >= 0.6 is 11.8 Å². The molecule has 2 saturated carbocycles. The fraction of sp³-hybridized carbons (Fsp3) is 0.867. The van der Waals surface area contributed by atoms with E-state index in [0.717, 1.165) is 25.1 Å². The number of carboxylic acids is 1. The zero-order chi connectivity index (χ0) is 14.2. The Hall–Kier alpha value is -0.710. The standard InChI is InChI=1S/C15H23NO3S/c17-13(10-15(14(18)19)6-3-7-15)16-8-9-20-12-5-2-1-4-11(12)16/h11-12H,1-10H2,(H,18,19). The molecule has 4 nitrogen and oxygen atoms in total. The second-order valence-electron chi connectivity index (χ2n) is 6.46. The summed E-state index contributed by atoms with van der Waals surface area (Å²) >= 11 is 2.00. The zero-order valence-electron chi connectivity index (χ0n) is 11.8. The summed E-state index contributed by atoms with van der Waals surface area (Å²) in [5, 5.41) is 9.98. The van der Waals surface area contributed by atoms with Gasteiger partial charge >= 0.3 is 5.97 Å². The number of rotatable bonds is 3. The summed E-state index contributed by atoms with van der Waals surface area (Å²) in [6.07, 6.45) is 7.30. The zero-order valence-corrected chi connectivity index (χ0v) is 12.7. The van der Waals surface area contributed by atoms with Crippen molar-refractivity contribution < 1.29 is 14.7 Å². The molecule has 0 bridgehead atoms. The minimum atomic E-state index is -0.774. The van der Waals surface area contributed by atoms with Crippen molar-refractivity contribution in [2.45, 2.75) is 62.7 Å². The number of amides is 1. The Kier molecular flexibility index (Phi) is 3.98. The highest BCUT2D eigenvalue weighted by atomic mass is 32.2. The van der Waals surface area contributed by atoms with Crippen LogP contribution in [0, 0.1) is 5.41 Å². The van der Waals surface area contributed by atoms with Crippen molar-refractivity contribution in [2.24, 2.45) is 5.41 Å². The van der Waals surface area contributed by atoms with E-state index < -0.39 is 11.4 Å². The van der Waals surface area contributed by atoms with Crippen LogP contribution in [-0.2, 0) is 9.59 Å². The first-order valence-corrected chi connectivity index (χ1v) is 8.82. The van der Waals surface area contributed by atoms with E-state index in [-0.39, 0.29) is 12.3 Å². The van der Waals surface area contributed by atoms with Gasteiger partial charge in [0.05, 0.1) is 5.41 Å². The maximum absolute atomic E-state index is 12.6. The van der Waals surface area contributed by atoms with Gasteiger partial charge < -0.3 is 10.0 Å². The van der Waals surface area contributed by atoms with Crippen LogP contribution in [0.15, 0.2) is 0 Å². The molecular weight excluding hydrogens is 274 g/mol. The molecule has 5 heteroatoms. The van der Waals surface area contributed by atoms with Crippen LogP contribution in [-0.4, -0.2) is 45.5 Å². The van der Waals surface area contributed by atoms with E-state index in [1.807, 2.05) is 16.7 Å². The fourth-order valence-corrected chi connectivity index (χ4v) is 5.31. The number of fused-ring (bicyclic) bond motifs is 1. The predicted octanol–water partition coefficient (Wildman–Crippen LogP) is 2.52. The average Bonchev–Trinajstić information content (AvgIpc) is 2.41. The predicted molar refractivity (Wildman–Crippen MR) is 78.8 cm³/mol. The van der Waals surface area contributed by atoms with Crippen LogP contribution in [0.2, 0.25) is 0 Å². The first-order chi connectivity index (χ1) is 9.62. The van der Waals surface area contributed by atoms with E-state index in [0.29, 0.717) is 24.1 Å². The van der Waals surface area contributed by atoms with Gasteiger partial charge in [-0.2, -0.15) is 11.8 Å². The third-order valence-electron chi connectivity index (χ3n) is 5.31. The Balaban J connectivity index is 1.68. The van der Waals surface area contributed by atoms with Gasteiger partial charge in [0.1, 0.15) is 0 Å². The van der Waals surface area contributed by atoms with Crippen molar-refractivity contribution in [3.63, 3.8) is 0 Å². The van der Waals surface area contributed by atoms with Crippen molar-refractivity contribution in [1.29, 1.82) is 0 Å². The lowest BCUT2D eigenvalue weighted by Gasteiger charge is -2.45. The van der Waals surface area contributed by atoms with Crippen LogP contribution in [0.4, 0.5) is 0 Å². The molecule has 2 aliphatic carbocycles. The lowest BCUT2D eigenvalue weighted by atomic mass is 9.66. The lowest BCUT2D eigenvalue weighted by Crippen LogP contribution is -2.53. The molecule has 0 aromatic rings. The van der Waals surface area contributed by atoms with E-state index in [2.05, 4.69) is 0 Å². The van der Waals surface area contributed by atoms with E-state index in [9.17, 15) is 14.7 Å². The maximum atomic E-state index is 12.6. The van der Waals surface area contributed by atoms with E-state index >= 15 is 0 Å². The molecule has 2 unspecified atom stereocenters. The lowest BCUT2D eigenvalue weighted by molar-refractivity contribution is -0.160. The third kappa shape index (κ3) is 2.45. The minimum Gasteiger partial charge on any atom is -0.481 e. The summed E-state index contributed by atoms with van der Waals surface area (Å²) < 4.78 is 0. The van der Waals surface area contributed by atoms with Gasteiger partial charge in [-0.3, -0.25) is 9.59 Å². The second kappa shape index (κ2) is 5.58. The molecule has 0 spiro atoms. The molecule has 2 atom stereocenters. The molecule has 1 aliphatic heterocycles. The molecular formula is C15H23NO3S. The largest absolute Gasteiger partial charge is 0.481 e. The summed E-state index contributed by atoms with van der Waals surface area (Å²) in [6, 6.07) is 0.362. The van der Waals surface area contributed by atoms with Crippen molar-refractivity contribution in [2.75, 3.05) is 12.3 Å². The molecule has 1 amide bonds. The molecule has 0 radical (unpaired) electrons. The normalized spacial score (nSPS) is 32.1. The second-order valence-corrected chi connectivity index (χ2v) is 7.81. The topological polar surface area (TPSA) is 57.6 Å². The van der Waals surface area contributed by atoms with Gasteiger partial charge in [-0.25, -0.2) is 0 Å². The Morgan fingerprint density at radius 2 is 1.95 bits per heavy atom. The van der Waals surface area contributed by atoms with Gasteiger partial charge in [0.25, 0.3) is 0 Å². The number of aliphatic carboxylic acids is 1. The number of hydrogen-bond donors (Lipinski definition) is 1. The summed E-state index contributed by atoms with van der Waals surface area (Å²) in [4.78, 5) is 26.1. The van der Waals surface area contributed by atoms with Gasteiger partial charge in [-0.15, -0.1) is 0 Å². The molecule has 3 aliphatic rings. The molecule has 0 aromatic heterocycles. The number of carbonyl (C=O) groups is 2. The van der Waals surface area contributed by atoms with Gasteiger partial charge in [0, 0.05) is 30.0 Å². The Labute approximate surface area is 124 Å². The van der Waals surface area contributed by atoms with Gasteiger partial charge in [-0.05, 0) is 25.7 Å². The maximum Gasteiger partial charge on any atom is 0.310 e. The van der Waals surface area contributed by atoms with Crippen molar-refractivity contribution >= 4 is 23.6 Å². The highest BCUT2D eigenvalue weighted by Crippen LogP contribution is 2.45. The average molecular weight is 297 g/mol. The van der Waals surface area contributed by atoms with E-state index in [1.165, 1.54) is 19.3 Å². The van der Waals surface area contributed by atoms with Crippen LogP contribution in [0.1, 0.15) is 51.4 Å². The number of hydrogen-bond acceptors (Lipinski definition) is 3. The smallest absolute Gasteiger partial charge is 0.310 e. The van der Waals surface area contributed by atoms with Crippen LogP contribution in [0.5, 0.6) is 0 Å². The first kappa shape index (κ1) is 14.2. The monoisotopic (exact) mass is 297 g/mol. The quantitative estimate of drug-likeness (QED) is 0.869. The summed E-state index contributed by atoms with van der Waals surface area (Å²) in [5.74, 6) is 0.320. The molecule has 1 saturated heterocycles. The number of thioether (sulfide) groups is 1. The highest BCUT2D eigenvalue weighted by Gasteiger charge is 2.48. The molecule has 112 valence electrons. The molecule has 3 rings (SSSR count). The van der Waals surface area contributed by atoms with Crippen LogP contribution < -0.4 is 0 Å². The van der Waals surface area contributed by atoms with Gasteiger partial charge in [0.15, 0.2) is 0 Å². The number of carboxylic acid groups (broad SMARTS) is 1. The molecule has 3 fully saturated rings. The Morgan fingerprint density at radius 3 is 2.60 bits per heavy atom. The van der Waals surface area contributed by atoms with Crippen LogP contribution in [0.25, 0.3) is 0 Å². The number of nitrogens with zero attached hydrogens (tertiary/aromatic N) is 1. The molecule has 1 heterocycles. The van der Waals surface area contributed by atoms with E-state index in [1.54, 1.807) is 0 Å². The summed E-state index contributed by atoms with van der Waals surface area (Å²) in [5.41, 5.74) is -0.744. The van der Waals surface area contributed by atoms with E-state index in [4.69, 9.17) is 0 Å². The number of carbonyl (C=O) groups excluding carboxylic acids is 1. The fourth-order valence-electron chi connectivity index (χ4n) is 3.87. The summed E-state index contributed by atoms with van der Waals surface area (Å²) in [7, 11) is 0. The first-order valence-electron chi connectivity index (χ1n) is 7.77. The summed E-state index contributed by atoms with van der Waals surface area (Å²) in [6.45, 7) is 0.806. The van der Waals surface area contributed by atoms with Crippen molar-refractivity contribution in [3.8, 4) is 0 Å².